The zero-order valence-corrected chi connectivity index (χ0v) is 19.6. The van der Waals surface area contributed by atoms with Crippen LogP contribution in [0.1, 0.15) is 0 Å². The minimum Gasteiger partial charge on any atom is -0.497 e. The smallest absolute Gasteiger partial charge is 0.258 e. The van der Waals surface area contributed by atoms with Gasteiger partial charge in [-0.1, -0.05) is 0 Å². The summed E-state index contributed by atoms with van der Waals surface area (Å²) < 4.78 is 28.6. The second-order valence-corrected chi connectivity index (χ2v) is 7.19. The van der Waals surface area contributed by atoms with E-state index in [0.29, 0.717) is 45.9 Å². The van der Waals surface area contributed by atoms with E-state index >= 15 is 0 Å². The Kier molecular flexibility index (Phi) is 7.46. The molecular formula is C24H25N5O6. The second kappa shape index (κ2) is 11.1. The van der Waals surface area contributed by atoms with E-state index in [-0.39, 0.29) is 25.7 Å². The van der Waals surface area contributed by atoms with E-state index in [1.54, 1.807) is 80.4 Å². The first kappa shape index (κ1) is 23.6. The Balaban J connectivity index is 1.33. The highest BCUT2D eigenvalue weighted by Crippen LogP contribution is 2.32. The molecule has 2 aromatic carbocycles. The number of nitrogens with zero attached hydrogens (tertiary/aromatic N) is 4. The fourth-order valence-corrected chi connectivity index (χ4v) is 3.22. The molecule has 0 fully saturated rings. The van der Waals surface area contributed by atoms with Gasteiger partial charge in [-0.3, -0.25) is 4.79 Å². The van der Waals surface area contributed by atoms with E-state index in [1.165, 1.54) is 0 Å². The monoisotopic (exact) mass is 479 g/mol. The summed E-state index contributed by atoms with van der Waals surface area (Å²) in [4.78, 5) is 12.0. The van der Waals surface area contributed by atoms with Gasteiger partial charge in [0.2, 0.25) is 5.88 Å². The van der Waals surface area contributed by atoms with Crippen molar-refractivity contribution in [3.05, 3.63) is 54.6 Å². The molecule has 0 aliphatic rings. The van der Waals surface area contributed by atoms with Crippen LogP contribution in [0.4, 0.5) is 0 Å². The lowest BCUT2D eigenvalue weighted by molar-refractivity contribution is -0.123. The Bertz CT molecular complexity index is 1290. The molecule has 0 spiro atoms. The van der Waals surface area contributed by atoms with E-state index in [9.17, 15) is 4.79 Å². The Labute approximate surface area is 201 Å². The normalized spacial score (nSPS) is 10.6. The highest BCUT2D eigenvalue weighted by atomic mass is 16.5. The molecule has 11 nitrogen and oxygen atoms in total. The minimum absolute atomic E-state index is 0.108. The number of fused-ring (bicyclic) bond motifs is 1. The molecular weight excluding hydrogens is 454 g/mol. The van der Waals surface area contributed by atoms with Crippen LogP contribution in [0.5, 0.6) is 28.9 Å². The maximum Gasteiger partial charge on any atom is 0.258 e. The van der Waals surface area contributed by atoms with Crippen molar-refractivity contribution in [2.24, 2.45) is 0 Å². The molecule has 0 saturated heterocycles. The number of hydrogen-bond donors (Lipinski definition) is 1. The van der Waals surface area contributed by atoms with Crippen LogP contribution < -0.4 is 29.0 Å². The molecule has 2 aromatic heterocycles. The summed E-state index contributed by atoms with van der Waals surface area (Å²) in [5.41, 5.74) is 1.22. The average Bonchev–Trinajstić information content (AvgIpc) is 3.33. The van der Waals surface area contributed by atoms with Gasteiger partial charge >= 0.3 is 0 Å². The first-order valence-corrected chi connectivity index (χ1v) is 10.7. The lowest BCUT2D eigenvalue weighted by atomic mass is 10.2. The third-order valence-corrected chi connectivity index (χ3v) is 4.99. The Morgan fingerprint density at radius 3 is 2.34 bits per heavy atom. The summed E-state index contributed by atoms with van der Waals surface area (Å²) in [5.74, 6) is 3.11. The highest BCUT2D eigenvalue weighted by Gasteiger charge is 2.16. The molecule has 4 rings (SSSR count). The van der Waals surface area contributed by atoms with Crippen molar-refractivity contribution in [2.75, 3.05) is 41.1 Å². The molecule has 0 atom stereocenters. The molecule has 1 N–H and O–H groups in total. The van der Waals surface area contributed by atoms with Crippen LogP contribution in [0.15, 0.2) is 54.6 Å². The summed E-state index contributed by atoms with van der Waals surface area (Å²) in [6.45, 7) is 0.388. The lowest BCUT2D eigenvalue weighted by Crippen LogP contribution is -2.32. The van der Waals surface area contributed by atoms with Crippen LogP contribution in [0.2, 0.25) is 0 Å². The van der Waals surface area contributed by atoms with Gasteiger partial charge < -0.3 is 29.0 Å². The third-order valence-electron chi connectivity index (χ3n) is 4.99. The molecule has 0 aliphatic carbocycles. The molecule has 11 heteroatoms. The van der Waals surface area contributed by atoms with E-state index in [0.717, 1.165) is 0 Å². The molecule has 2 heterocycles. The van der Waals surface area contributed by atoms with Gasteiger partial charge in [0, 0.05) is 6.07 Å². The molecule has 0 saturated carbocycles. The number of amides is 1. The fraction of sp³-hybridized carbons (Fsp3) is 0.250. The second-order valence-electron chi connectivity index (χ2n) is 7.19. The molecule has 0 radical (unpaired) electrons. The predicted molar refractivity (Wildman–Crippen MR) is 126 cm³/mol. The zero-order valence-electron chi connectivity index (χ0n) is 19.6. The average molecular weight is 479 g/mol. The van der Waals surface area contributed by atoms with Crippen LogP contribution in [0.3, 0.4) is 0 Å². The van der Waals surface area contributed by atoms with Crippen molar-refractivity contribution in [3.63, 3.8) is 0 Å². The van der Waals surface area contributed by atoms with E-state index in [1.807, 2.05) is 0 Å². The molecule has 1 amide bonds. The van der Waals surface area contributed by atoms with Gasteiger partial charge in [-0.05, 0) is 48.5 Å². The van der Waals surface area contributed by atoms with Gasteiger partial charge in [0.05, 0.1) is 33.4 Å². The molecule has 0 aliphatic heterocycles. The first-order chi connectivity index (χ1) is 17.1. The first-order valence-electron chi connectivity index (χ1n) is 10.7. The number of benzene rings is 2. The van der Waals surface area contributed by atoms with Crippen LogP contribution in [-0.2, 0) is 4.79 Å². The maximum absolute atomic E-state index is 12.0. The van der Waals surface area contributed by atoms with Gasteiger partial charge in [-0.25, -0.2) is 0 Å². The highest BCUT2D eigenvalue weighted by molar-refractivity contribution is 5.77. The molecule has 0 bridgehead atoms. The van der Waals surface area contributed by atoms with E-state index in [2.05, 4.69) is 20.6 Å². The van der Waals surface area contributed by atoms with Crippen molar-refractivity contribution < 1.29 is 28.5 Å². The van der Waals surface area contributed by atoms with E-state index in [4.69, 9.17) is 23.7 Å². The summed E-state index contributed by atoms with van der Waals surface area (Å²) >= 11 is 0. The Morgan fingerprint density at radius 1 is 0.857 bits per heavy atom. The third kappa shape index (κ3) is 5.69. The number of carbonyl (C=O) groups is 1. The van der Waals surface area contributed by atoms with Crippen molar-refractivity contribution in [1.82, 2.24) is 25.1 Å². The van der Waals surface area contributed by atoms with Crippen LogP contribution >= 0.6 is 0 Å². The molecule has 35 heavy (non-hydrogen) atoms. The maximum atomic E-state index is 12.0. The topological polar surface area (TPSA) is 118 Å². The van der Waals surface area contributed by atoms with Crippen molar-refractivity contribution in [3.8, 4) is 40.3 Å². The fourth-order valence-electron chi connectivity index (χ4n) is 3.22. The minimum atomic E-state index is -0.265. The summed E-state index contributed by atoms with van der Waals surface area (Å²) in [6, 6.07) is 15.8. The van der Waals surface area contributed by atoms with Crippen LogP contribution in [0, 0.1) is 0 Å². The predicted octanol–water partition coefficient (Wildman–Crippen LogP) is 2.39. The SMILES string of the molecule is COc1ccc(OCC(=O)NCCOc2ccc3nnc(-c4cc(OC)ccc4OC)n3n2)cc1. The number of nitrogens with one attached hydrogen (secondary N) is 1. The van der Waals surface area contributed by atoms with Crippen molar-refractivity contribution in [1.29, 1.82) is 0 Å². The Hall–Kier alpha value is -4.54. The van der Waals surface area contributed by atoms with Gasteiger partial charge in [0.25, 0.3) is 5.91 Å². The number of carbonyl (C=O) groups excluding carboxylic acids is 1. The number of methoxy groups -OCH3 is 3. The Morgan fingerprint density at radius 2 is 1.60 bits per heavy atom. The standard InChI is InChI=1S/C24H25N5O6/c1-31-16-4-6-17(7-5-16)35-15-22(30)25-12-13-34-23-11-10-21-26-27-24(29(21)28-23)19-14-18(32-2)8-9-20(19)33-3/h4-11,14H,12-13,15H2,1-3H3,(H,25,30). The number of ether oxygens (including phenoxy) is 5. The van der Waals surface area contributed by atoms with Crippen molar-refractivity contribution in [2.45, 2.75) is 0 Å². The van der Waals surface area contributed by atoms with Gasteiger partial charge in [0.15, 0.2) is 18.1 Å². The van der Waals surface area contributed by atoms with E-state index < -0.39 is 0 Å². The number of rotatable bonds is 11. The van der Waals surface area contributed by atoms with Crippen LogP contribution in [-0.4, -0.2) is 66.8 Å². The lowest BCUT2D eigenvalue weighted by Gasteiger charge is -2.10. The molecule has 0 unspecified atom stereocenters. The number of aromatic nitrogens is 4. The van der Waals surface area contributed by atoms with Crippen LogP contribution in [0.25, 0.3) is 17.0 Å². The zero-order chi connectivity index (χ0) is 24.6. The van der Waals surface area contributed by atoms with Gasteiger partial charge in [0.1, 0.15) is 29.6 Å². The number of hydrogen-bond acceptors (Lipinski definition) is 9. The molecule has 4 aromatic rings. The summed E-state index contributed by atoms with van der Waals surface area (Å²) in [6.07, 6.45) is 0. The largest absolute Gasteiger partial charge is 0.497 e. The van der Waals surface area contributed by atoms with Gasteiger partial charge in [-0.2, -0.15) is 4.52 Å². The van der Waals surface area contributed by atoms with Gasteiger partial charge in [-0.15, -0.1) is 15.3 Å². The summed E-state index contributed by atoms with van der Waals surface area (Å²) in [5, 5.41) is 15.6. The van der Waals surface area contributed by atoms with Crippen molar-refractivity contribution >= 4 is 11.6 Å². The summed E-state index contributed by atoms with van der Waals surface area (Å²) in [7, 11) is 4.75. The molecule has 182 valence electrons. The quantitative estimate of drug-likeness (QED) is 0.324.